The van der Waals surface area contributed by atoms with Crippen LogP contribution in [0.1, 0.15) is 27.7 Å². The SMILES string of the molecule is CC(=O)O.CC(=O)O.CC(=O)[O-].CC(=O)[O-].[Mg+2].[O]=[U]=[O]. The standard InChI is InChI=1S/4C2H4O2.Mg.2O.U/c4*1-2(3)4;;;;/h4*1H3,(H,3,4);;;;/q;;;;+2;;;/p-2. The molecule has 0 heterocycles. The summed E-state index contributed by atoms with van der Waals surface area (Å²) in [6.45, 7) is 4.11. The third-order valence-electron chi connectivity index (χ3n) is 0. The molecule has 10 nitrogen and oxygen atoms in total. The maximum absolute atomic E-state index is 9.00. The summed E-state index contributed by atoms with van der Waals surface area (Å²) in [6.07, 6.45) is 0. The molecule has 0 aromatic rings. The molecule has 0 aliphatic heterocycles. The molecular weight excluding hydrogens is 518 g/mol. The molecule has 2 N–H and O–H groups in total. The van der Waals surface area contributed by atoms with Crippen molar-refractivity contribution in [2.45, 2.75) is 27.7 Å². The van der Waals surface area contributed by atoms with Crippen LogP contribution in [0, 0.1) is 27.8 Å². The van der Waals surface area contributed by atoms with Crippen LogP contribution in [0.5, 0.6) is 0 Å². The van der Waals surface area contributed by atoms with E-state index >= 15 is 0 Å². The number of hydrogen-bond donors (Lipinski definition) is 2. The predicted octanol–water partition coefficient (Wildman–Crippen LogP) is -2.92. The average molecular weight is 533 g/mol. The van der Waals surface area contributed by atoms with E-state index in [2.05, 4.69) is 0 Å². The van der Waals surface area contributed by atoms with Gasteiger partial charge in [-0.1, -0.05) is 0 Å². The maximum atomic E-state index is 9.00. The first-order chi connectivity index (χ1) is 8.34. The molecule has 0 saturated heterocycles. The fraction of sp³-hybridized carbons (Fsp3) is 0.500. The Morgan fingerprint density at radius 3 is 0.750 bits per heavy atom. The Hall–Kier alpha value is -0.702. The zero-order chi connectivity index (χ0) is 17.0. The molecule has 0 fully saturated rings. The van der Waals surface area contributed by atoms with Gasteiger partial charge in [0.2, 0.25) is 0 Å². The quantitative estimate of drug-likeness (QED) is 0.306. The molecule has 0 radical (unpaired) electrons. The van der Waals surface area contributed by atoms with Gasteiger partial charge in [0, 0.05) is 25.8 Å². The van der Waals surface area contributed by atoms with Crippen molar-refractivity contribution in [1.82, 2.24) is 0 Å². The van der Waals surface area contributed by atoms with Crippen molar-refractivity contribution >= 4 is 46.9 Å². The van der Waals surface area contributed by atoms with Gasteiger partial charge in [-0.2, -0.15) is 0 Å². The van der Waals surface area contributed by atoms with Gasteiger partial charge in [-0.05, 0) is 13.8 Å². The van der Waals surface area contributed by atoms with Gasteiger partial charge in [0.15, 0.2) is 0 Å². The molecule has 0 bridgehead atoms. The molecule has 0 aliphatic rings. The van der Waals surface area contributed by atoms with Crippen LogP contribution in [0.3, 0.4) is 0 Å². The van der Waals surface area contributed by atoms with Crippen molar-refractivity contribution in [1.29, 1.82) is 0 Å². The van der Waals surface area contributed by atoms with Crippen LogP contribution in [-0.2, 0) is 23.6 Å². The molecule has 0 rings (SSSR count). The Morgan fingerprint density at radius 1 is 0.750 bits per heavy atom. The molecule has 0 unspecified atom stereocenters. The molecule has 0 saturated carbocycles. The number of carboxylic acid groups (broad SMARTS) is 4. The van der Waals surface area contributed by atoms with Crippen LogP contribution >= 0.6 is 0 Å². The topological polar surface area (TPSA) is 189 Å². The van der Waals surface area contributed by atoms with Gasteiger partial charge in [-0.25, -0.2) is 0 Å². The van der Waals surface area contributed by atoms with Crippen LogP contribution in [0.2, 0.25) is 0 Å². The van der Waals surface area contributed by atoms with Crippen molar-refractivity contribution in [2.24, 2.45) is 0 Å². The van der Waals surface area contributed by atoms with Gasteiger partial charge in [0.25, 0.3) is 11.9 Å². The van der Waals surface area contributed by atoms with Gasteiger partial charge in [-0.3, -0.25) is 9.59 Å². The van der Waals surface area contributed by atoms with E-state index in [9.17, 15) is 0 Å². The summed E-state index contributed by atoms with van der Waals surface area (Å²) in [5, 5.41) is 32.6. The summed E-state index contributed by atoms with van der Waals surface area (Å²) in [7, 11) is 0. The Morgan fingerprint density at radius 2 is 0.750 bits per heavy atom. The van der Waals surface area contributed by atoms with Crippen molar-refractivity contribution < 1.29 is 71.9 Å². The van der Waals surface area contributed by atoms with Crippen LogP contribution < -0.4 is 10.2 Å². The van der Waals surface area contributed by atoms with E-state index in [0.717, 1.165) is 27.7 Å². The van der Waals surface area contributed by atoms with Crippen LogP contribution in [0.25, 0.3) is 0 Å². The van der Waals surface area contributed by atoms with E-state index in [1.165, 1.54) is 0 Å². The van der Waals surface area contributed by atoms with E-state index in [1.807, 2.05) is 0 Å². The van der Waals surface area contributed by atoms with E-state index in [1.54, 1.807) is 0 Å². The Kier molecular flexibility index (Phi) is 66.1. The molecule has 20 heavy (non-hydrogen) atoms. The van der Waals surface area contributed by atoms with E-state index in [4.69, 9.17) is 44.1 Å². The fourth-order valence-corrected chi connectivity index (χ4v) is 0. The minimum absolute atomic E-state index is 0. The van der Waals surface area contributed by atoms with Gasteiger partial charge >= 0.3 is 55.3 Å². The summed E-state index contributed by atoms with van der Waals surface area (Å²) in [6, 6.07) is 0. The van der Waals surface area contributed by atoms with Crippen molar-refractivity contribution in [3.05, 3.63) is 0 Å². The number of aliphatic carboxylic acids is 4. The number of rotatable bonds is 0. The van der Waals surface area contributed by atoms with Crippen LogP contribution in [-0.4, -0.2) is 57.1 Å². The first-order valence-electron chi connectivity index (χ1n) is 4.08. The third kappa shape index (κ3) is 9330. The molecule has 112 valence electrons. The third-order valence-corrected chi connectivity index (χ3v) is 0. The van der Waals surface area contributed by atoms with Crippen LogP contribution in [0.15, 0.2) is 0 Å². The van der Waals surface area contributed by atoms with Crippen molar-refractivity contribution in [3.8, 4) is 0 Å². The molecule has 12 heteroatoms. The zero-order valence-corrected chi connectivity index (χ0v) is 16.9. The van der Waals surface area contributed by atoms with Gasteiger partial charge < -0.3 is 30.0 Å². The summed E-state index contributed by atoms with van der Waals surface area (Å²) in [5.74, 6) is -3.83. The predicted molar refractivity (Wildman–Crippen MR) is 55.1 cm³/mol. The number of hydrogen-bond acceptors (Lipinski definition) is 8. The van der Waals surface area contributed by atoms with Crippen molar-refractivity contribution in [2.75, 3.05) is 0 Å². The molecule has 0 spiro atoms. The molecular formula is C8H14MgO10U. The average Bonchev–Trinajstić information content (AvgIpc) is 1.97. The van der Waals surface area contributed by atoms with E-state index < -0.39 is 51.7 Å². The molecule has 0 atom stereocenters. The first-order valence-corrected chi connectivity index (χ1v) is 7.48. The number of carbonyl (C=O) groups is 4. The monoisotopic (exact) mass is 532 g/mol. The Labute approximate surface area is 145 Å². The van der Waals surface area contributed by atoms with Gasteiger partial charge in [0.05, 0.1) is 0 Å². The fourth-order valence-electron chi connectivity index (χ4n) is 0. The molecule has 0 aromatic heterocycles. The summed E-state index contributed by atoms with van der Waals surface area (Å²) in [5.41, 5.74) is 0. The first kappa shape index (κ1) is 36.5. The Bertz CT molecular complexity index is 234. The normalized spacial score (nSPS) is 5.40. The number of carboxylic acids is 4. The van der Waals surface area contributed by atoms with Crippen molar-refractivity contribution in [3.63, 3.8) is 0 Å². The summed E-state index contributed by atoms with van der Waals surface area (Å²) < 4.78 is 17.2. The Balaban J connectivity index is -0.0000000304. The van der Waals surface area contributed by atoms with Gasteiger partial charge in [0.1, 0.15) is 0 Å². The summed E-state index contributed by atoms with van der Waals surface area (Å²) in [4.78, 5) is 35.8. The summed E-state index contributed by atoms with van der Waals surface area (Å²) >= 11 is -2.51. The second kappa shape index (κ2) is 36.2. The number of carbonyl (C=O) groups excluding carboxylic acids is 2. The molecule has 0 amide bonds. The van der Waals surface area contributed by atoms with Gasteiger partial charge in [-0.15, -0.1) is 0 Å². The van der Waals surface area contributed by atoms with E-state index in [-0.39, 0.29) is 23.1 Å². The second-order valence-corrected chi connectivity index (χ2v) is 2.80. The van der Waals surface area contributed by atoms with Crippen LogP contribution in [0.4, 0.5) is 0 Å². The second-order valence-electron chi connectivity index (χ2n) is 2.10. The molecule has 0 aliphatic carbocycles. The minimum atomic E-state index is -2.51. The zero-order valence-electron chi connectivity index (χ0n) is 11.4. The molecule has 0 aromatic carbocycles. The van der Waals surface area contributed by atoms with E-state index in [0.29, 0.717) is 0 Å².